The zero-order chi connectivity index (χ0) is 31.7. The Kier molecular flexibility index (Phi) is 9.31. The van der Waals surface area contributed by atoms with Crippen LogP contribution in [0.25, 0.3) is 10.9 Å². The first kappa shape index (κ1) is 32.5. The Morgan fingerprint density at radius 3 is 2.12 bits per heavy atom. The quantitative estimate of drug-likeness (QED) is 0.133. The highest BCUT2D eigenvalue weighted by molar-refractivity contribution is 6.82. The van der Waals surface area contributed by atoms with Crippen LogP contribution in [0.1, 0.15) is 79.9 Å². The van der Waals surface area contributed by atoms with E-state index in [1.165, 1.54) is 4.90 Å². The van der Waals surface area contributed by atoms with Gasteiger partial charge in [0.1, 0.15) is 12.9 Å². The first-order chi connectivity index (χ1) is 20.2. The molecule has 2 atom stereocenters. The normalized spacial score (nSPS) is 19.5. The zero-order valence-electron chi connectivity index (χ0n) is 27.2. The Morgan fingerprint density at radius 2 is 1.56 bits per heavy atom. The highest BCUT2D eigenvalue weighted by Crippen LogP contribution is 2.47. The first-order valence-electron chi connectivity index (χ1n) is 15.5. The number of amides is 1. The lowest BCUT2D eigenvalue weighted by atomic mass is 9.85. The van der Waals surface area contributed by atoms with Crippen molar-refractivity contribution in [3.05, 3.63) is 71.9 Å². The van der Waals surface area contributed by atoms with E-state index in [0.717, 1.165) is 28.3 Å². The van der Waals surface area contributed by atoms with Crippen molar-refractivity contribution in [2.75, 3.05) is 0 Å². The van der Waals surface area contributed by atoms with Gasteiger partial charge in [0.05, 0.1) is 0 Å². The first-order valence-corrected chi connectivity index (χ1v) is 17.6. The van der Waals surface area contributed by atoms with E-state index < -0.39 is 37.5 Å². The average Bonchev–Trinajstić information content (AvgIpc) is 3.43. The van der Waals surface area contributed by atoms with Crippen molar-refractivity contribution in [2.45, 2.75) is 110 Å². The molecule has 2 aromatic carbocycles. The lowest BCUT2D eigenvalue weighted by Gasteiger charge is -2.44. The van der Waals surface area contributed by atoms with Gasteiger partial charge in [0.2, 0.25) is 0 Å². The minimum atomic E-state index is -2.17. The summed E-state index contributed by atoms with van der Waals surface area (Å²) in [5.41, 5.74) is 2.07. The molecule has 2 unspecified atom stereocenters. The second-order valence-corrected chi connectivity index (χ2v) is 19.7. The summed E-state index contributed by atoms with van der Waals surface area (Å²) in [7, 11) is -2.17. The van der Waals surface area contributed by atoms with Crippen LogP contribution in [0.15, 0.2) is 60.8 Å². The number of esters is 1. The standard InChI is InChI=1S/C35H48N2O5Si/c1-24(2)43(25(3)4,26(5)6)36-22-28(29-17-13-14-18-30(29)36)21-35(19-20-38)32(39)42-31(34(7,8)9)37(35)33(40)41-23-27-15-11-10-12-16-27/h10-18,20,22,24-26,31H,19,21,23H2,1-9H3. The molecule has 43 heavy (non-hydrogen) atoms. The molecule has 232 valence electrons. The van der Waals surface area contributed by atoms with E-state index >= 15 is 0 Å². The van der Waals surface area contributed by atoms with Crippen LogP contribution in [0.3, 0.4) is 0 Å². The summed E-state index contributed by atoms with van der Waals surface area (Å²) >= 11 is 0. The number of benzene rings is 2. The Bertz CT molecular complexity index is 1430. The molecule has 1 saturated heterocycles. The van der Waals surface area contributed by atoms with Gasteiger partial charge >= 0.3 is 12.1 Å². The van der Waals surface area contributed by atoms with Gasteiger partial charge in [-0.25, -0.2) is 9.59 Å². The van der Waals surface area contributed by atoms with Crippen molar-refractivity contribution in [1.82, 2.24) is 9.13 Å². The molecule has 7 nitrogen and oxygen atoms in total. The van der Waals surface area contributed by atoms with E-state index in [4.69, 9.17) is 9.47 Å². The fraction of sp³-hybridized carbons (Fsp3) is 0.514. The number of rotatable bonds is 10. The Labute approximate surface area is 257 Å². The van der Waals surface area contributed by atoms with Gasteiger partial charge in [-0.2, -0.15) is 0 Å². The zero-order valence-corrected chi connectivity index (χ0v) is 28.2. The SMILES string of the molecule is CC(C)[Si](C(C)C)(C(C)C)n1cc(CC2(CC=O)C(=O)OC(C(C)(C)C)N2C(=O)OCc2ccccc2)c2ccccc21. The van der Waals surface area contributed by atoms with Crippen molar-refractivity contribution in [3.63, 3.8) is 0 Å². The number of fused-ring (bicyclic) bond motifs is 1. The molecule has 4 rings (SSSR count). The summed E-state index contributed by atoms with van der Waals surface area (Å²) in [6, 6.07) is 17.7. The van der Waals surface area contributed by atoms with Gasteiger partial charge in [-0.3, -0.25) is 4.90 Å². The molecule has 3 aromatic rings. The minimum Gasteiger partial charge on any atom is -0.444 e. The van der Waals surface area contributed by atoms with Gasteiger partial charge in [-0.05, 0) is 40.0 Å². The second kappa shape index (κ2) is 12.3. The topological polar surface area (TPSA) is 77.8 Å². The predicted molar refractivity (Wildman–Crippen MR) is 173 cm³/mol. The molecule has 0 radical (unpaired) electrons. The number of nitrogens with zero attached hydrogens (tertiary/aromatic N) is 2. The molecule has 8 heteroatoms. The van der Waals surface area contributed by atoms with Crippen LogP contribution in [-0.4, -0.2) is 47.5 Å². The minimum absolute atomic E-state index is 0.0446. The molecule has 1 aliphatic rings. The number of carbonyl (C=O) groups excluding carboxylic acids is 3. The molecule has 0 aliphatic carbocycles. The highest BCUT2D eigenvalue weighted by Gasteiger charge is 2.61. The van der Waals surface area contributed by atoms with E-state index in [2.05, 4.69) is 70.2 Å². The molecular weight excluding hydrogens is 556 g/mol. The largest absolute Gasteiger partial charge is 0.444 e. The number of carbonyl (C=O) groups is 3. The molecule has 0 bridgehead atoms. The van der Waals surface area contributed by atoms with Gasteiger partial charge in [0, 0.05) is 29.2 Å². The van der Waals surface area contributed by atoms with Crippen molar-refractivity contribution in [1.29, 1.82) is 0 Å². The smallest absolute Gasteiger partial charge is 0.414 e. The number of ether oxygens (including phenoxy) is 2. The second-order valence-electron chi connectivity index (χ2n) is 14.0. The van der Waals surface area contributed by atoms with Crippen LogP contribution in [0.2, 0.25) is 16.6 Å². The lowest BCUT2D eigenvalue weighted by Crippen LogP contribution is -2.57. The average molecular weight is 605 g/mol. The molecular formula is C35H48N2O5Si. The summed E-state index contributed by atoms with van der Waals surface area (Å²) in [5, 5.41) is 1.02. The summed E-state index contributed by atoms with van der Waals surface area (Å²) in [6.45, 7) is 19.7. The van der Waals surface area contributed by atoms with Crippen LogP contribution in [0, 0.1) is 5.41 Å². The fourth-order valence-corrected chi connectivity index (χ4v) is 14.3. The van der Waals surface area contributed by atoms with Gasteiger partial charge < -0.3 is 18.5 Å². The van der Waals surface area contributed by atoms with Gasteiger partial charge in [-0.15, -0.1) is 0 Å². The Hall–Kier alpha value is -3.39. The molecule has 1 fully saturated rings. The maximum atomic E-state index is 14.0. The third kappa shape index (κ3) is 5.66. The van der Waals surface area contributed by atoms with E-state index in [9.17, 15) is 14.4 Å². The van der Waals surface area contributed by atoms with Crippen LogP contribution < -0.4 is 0 Å². The van der Waals surface area contributed by atoms with Gasteiger partial charge in [0.15, 0.2) is 20.0 Å². The third-order valence-corrected chi connectivity index (χ3v) is 16.1. The summed E-state index contributed by atoms with van der Waals surface area (Å²) < 4.78 is 14.3. The molecule has 1 amide bonds. The van der Waals surface area contributed by atoms with Gasteiger partial charge in [-0.1, -0.05) is 111 Å². The van der Waals surface area contributed by atoms with Crippen molar-refractivity contribution >= 4 is 37.5 Å². The molecule has 1 aromatic heterocycles. The summed E-state index contributed by atoms with van der Waals surface area (Å²) in [4.78, 5) is 41.7. The predicted octanol–water partition coefficient (Wildman–Crippen LogP) is 8.10. The number of para-hydroxylation sites is 1. The fourth-order valence-electron chi connectivity index (χ4n) is 7.62. The third-order valence-electron chi connectivity index (χ3n) is 9.33. The molecule has 1 aliphatic heterocycles. The van der Waals surface area contributed by atoms with Crippen molar-refractivity contribution in [3.8, 4) is 0 Å². The lowest BCUT2D eigenvalue weighted by molar-refractivity contribution is -0.149. The number of aromatic nitrogens is 1. The molecule has 0 N–H and O–H groups in total. The van der Waals surface area contributed by atoms with E-state index in [1.807, 2.05) is 57.2 Å². The Balaban J connectivity index is 1.88. The van der Waals surface area contributed by atoms with Crippen LogP contribution in [0.5, 0.6) is 0 Å². The van der Waals surface area contributed by atoms with Crippen molar-refractivity contribution < 1.29 is 23.9 Å². The number of cyclic esters (lactones) is 1. The number of hydrogen-bond donors (Lipinski definition) is 0. The highest BCUT2D eigenvalue weighted by atomic mass is 28.3. The van der Waals surface area contributed by atoms with Crippen molar-refractivity contribution in [2.24, 2.45) is 5.41 Å². The number of aldehydes is 1. The molecule has 0 saturated carbocycles. The maximum Gasteiger partial charge on any atom is 0.414 e. The van der Waals surface area contributed by atoms with Crippen LogP contribution >= 0.6 is 0 Å². The van der Waals surface area contributed by atoms with E-state index in [0.29, 0.717) is 16.6 Å². The van der Waals surface area contributed by atoms with Gasteiger partial charge in [0.25, 0.3) is 0 Å². The van der Waals surface area contributed by atoms with E-state index in [-0.39, 0.29) is 19.4 Å². The van der Waals surface area contributed by atoms with Crippen LogP contribution in [0.4, 0.5) is 4.79 Å². The molecule has 2 heterocycles. The maximum absolute atomic E-state index is 14.0. The van der Waals surface area contributed by atoms with E-state index in [1.54, 1.807) is 0 Å². The van der Waals surface area contributed by atoms with Crippen LogP contribution in [-0.2, 0) is 32.1 Å². The summed E-state index contributed by atoms with van der Waals surface area (Å²) in [6.07, 6.45) is 1.30. The Morgan fingerprint density at radius 1 is 0.977 bits per heavy atom. The monoisotopic (exact) mass is 604 g/mol. The summed E-state index contributed by atoms with van der Waals surface area (Å²) in [5.74, 6) is -0.576. The molecule has 0 spiro atoms. The number of hydrogen-bond acceptors (Lipinski definition) is 5.